The predicted octanol–water partition coefficient (Wildman–Crippen LogP) is 6.17. The molecule has 0 saturated heterocycles. The summed E-state index contributed by atoms with van der Waals surface area (Å²) in [5.74, 6) is -1.57. The predicted molar refractivity (Wildman–Crippen MR) is 181 cm³/mol. The number of carbonyl (C=O) groups is 4. The minimum atomic E-state index is -5.08. The first-order chi connectivity index (χ1) is 23.8. The number of carboxylic acid groups (broad SMARTS) is 1. The molecule has 4 rings (SSSR count). The summed E-state index contributed by atoms with van der Waals surface area (Å²) in [7, 11) is 1.60. The van der Waals surface area contributed by atoms with Gasteiger partial charge >= 0.3 is 12.1 Å². The summed E-state index contributed by atoms with van der Waals surface area (Å²) in [6, 6.07) is 29.4. The third-order valence-corrected chi connectivity index (χ3v) is 6.89. The molecule has 5 N–H and O–H groups in total. The Labute approximate surface area is 286 Å². The number of para-hydroxylation sites is 2. The summed E-state index contributed by atoms with van der Waals surface area (Å²) in [4.78, 5) is 48.3. The van der Waals surface area contributed by atoms with Crippen molar-refractivity contribution in [3.63, 3.8) is 0 Å². The highest BCUT2D eigenvalue weighted by molar-refractivity contribution is 5.96. The zero-order valence-electron chi connectivity index (χ0n) is 27.3. The maximum Gasteiger partial charge on any atom is 0.490 e. The van der Waals surface area contributed by atoms with E-state index in [1.807, 2.05) is 78.9 Å². The molecule has 0 saturated carbocycles. The molecule has 14 heteroatoms. The number of aliphatic carboxylic acids is 1. The van der Waals surface area contributed by atoms with Crippen molar-refractivity contribution in [2.75, 3.05) is 17.3 Å². The molecule has 3 amide bonds. The lowest BCUT2D eigenvalue weighted by atomic mass is 10.1. The van der Waals surface area contributed by atoms with E-state index in [1.165, 1.54) is 6.92 Å². The fourth-order valence-electron chi connectivity index (χ4n) is 4.40. The summed E-state index contributed by atoms with van der Waals surface area (Å²) in [5.41, 5.74) is 9.72. The molecular weight excluding hydrogens is 657 g/mol. The van der Waals surface area contributed by atoms with Gasteiger partial charge in [-0.2, -0.15) is 13.2 Å². The molecule has 50 heavy (non-hydrogen) atoms. The van der Waals surface area contributed by atoms with Crippen LogP contribution in [0.1, 0.15) is 36.5 Å². The molecule has 0 aliphatic rings. The fourth-order valence-corrected chi connectivity index (χ4v) is 4.40. The Bertz CT molecular complexity index is 1750. The molecule has 0 fully saturated rings. The van der Waals surface area contributed by atoms with Gasteiger partial charge in [0.2, 0.25) is 17.7 Å². The number of amides is 3. The van der Waals surface area contributed by atoms with Gasteiger partial charge in [-0.3, -0.25) is 14.4 Å². The first-order valence-electron chi connectivity index (χ1n) is 15.2. The third kappa shape index (κ3) is 12.6. The zero-order valence-corrected chi connectivity index (χ0v) is 27.3. The van der Waals surface area contributed by atoms with Crippen molar-refractivity contribution in [2.45, 2.75) is 45.6 Å². The summed E-state index contributed by atoms with van der Waals surface area (Å²) in [5, 5.41) is 12.8. The van der Waals surface area contributed by atoms with Crippen molar-refractivity contribution in [3.05, 3.63) is 114 Å². The highest BCUT2D eigenvalue weighted by Gasteiger charge is 2.38. The minimum absolute atomic E-state index is 0.00455. The van der Waals surface area contributed by atoms with Crippen molar-refractivity contribution in [1.29, 1.82) is 0 Å². The molecule has 0 aromatic heterocycles. The van der Waals surface area contributed by atoms with Crippen LogP contribution in [0.5, 0.6) is 17.2 Å². The molecule has 0 unspecified atom stereocenters. The number of ether oxygens (including phenoxy) is 2. The number of hydrogen-bond donors (Lipinski definition) is 4. The molecule has 0 spiro atoms. The molecule has 0 aliphatic carbocycles. The Morgan fingerprint density at radius 3 is 2.06 bits per heavy atom. The zero-order chi connectivity index (χ0) is 36.7. The second kappa shape index (κ2) is 18.6. The van der Waals surface area contributed by atoms with E-state index in [-0.39, 0.29) is 37.1 Å². The van der Waals surface area contributed by atoms with Gasteiger partial charge in [-0.1, -0.05) is 48.5 Å². The highest BCUT2D eigenvalue weighted by Crippen LogP contribution is 2.34. The van der Waals surface area contributed by atoms with Gasteiger partial charge in [0.05, 0.1) is 19.3 Å². The largest absolute Gasteiger partial charge is 0.497 e. The van der Waals surface area contributed by atoms with Crippen molar-refractivity contribution in [3.8, 4) is 17.2 Å². The third-order valence-electron chi connectivity index (χ3n) is 6.89. The number of hydrogen-bond acceptors (Lipinski definition) is 7. The Balaban J connectivity index is 0.000000872. The van der Waals surface area contributed by atoms with E-state index >= 15 is 0 Å². The van der Waals surface area contributed by atoms with Gasteiger partial charge < -0.3 is 35.8 Å². The van der Waals surface area contributed by atoms with E-state index in [0.29, 0.717) is 36.0 Å². The van der Waals surface area contributed by atoms with Crippen LogP contribution in [-0.4, -0.2) is 42.1 Å². The van der Waals surface area contributed by atoms with E-state index in [1.54, 1.807) is 30.2 Å². The van der Waals surface area contributed by atoms with Gasteiger partial charge in [-0.15, -0.1) is 0 Å². The van der Waals surface area contributed by atoms with Crippen LogP contribution in [0.4, 0.5) is 24.5 Å². The normalized spacial score (nSPS) is 10.6. The maximum atomic E-state index is 13.7. The maximum absolute atomic E-state index is 13.7. The summed E-state index contributed by atoms with van der Waals surface area (Å²) >= 11 is 0. The number of anilines is 2. The van der Waals surface area contributed by atoms with Crippen molar-refractivity contribution < 1.29 is 46.9 Å². The second-order valence-corrected chi connectivity index (χ2v) is 10.7. The number of methoxy groups -OCH3 is 1. The van der Waals surface area contributed by atoms with Crippen LogP contribution >= 0.6 is 0 Å². The molecule has 4 aromatic rings. The lowest BCUT2D eigenvalue weighted by Crippen LogP contribution is -2.32. The highest BCUT2D eigenvalue weighted by atomic mass is 19.4. The Hall–Kier alpha value is -5.89. The molecule has 0 radical (unpaired) electrons. The summed E-state index contributed by atoms with van der Waals surface area (Å²) < 4.78 is 43.1. The number of halogens is 3. The number of carbonyl (C=O) groups excluding carboxylic acids is 3. The molecule has 0 bridgehead atoms. The van der Waals surface area contributed by atoms with Crippen molar-refractivity contribution >= 4 is 35.1 Å². The van der Waals surface area contributed by atoms with Crippen LogP contribution < -0.4 is 30.7 Å². The molecule has 0 atom stereocenters. The van der Waals surface area contributed by atoms with Gasteiger partial charge in [0.15, 0.2) is 5.75 Å². The first kappa shape index (κ1) is 38.6. The van der Waals surface area contributed by atoms with E-state index in [9.17, 15) is 27.6 Å². The van der Waals surface area contributed by atoms with E-state index < -0.39 is 12.1 Å². The lowest BCUT2D eigenvalue weighted by molar-refractivity contribution is -0.192. The molecule has 4 aromatic carbocycles. The molecule has 11 nitrogen and oxygen atoms in total. The summed E-state index contributed by atoms with van der Waals surface area (Å²) in [6.45, 7) is 2.40. The number of rotatable bonds is 13. The Morgan fingerprint density at radius 1 is 0.820 bits per heavy atom. The number of nitrogens with one attached hydrogen (secondary N) is 2. The van der Waals surface area contributed by atoms with Crippen LogP contribution in [0, 0.1) is 0 Å². The van der Waals surface area contributed by atoms with Crippen LogP contribution in [0.3, 0.4) is 0 Å². The molecular formula is C36H37F3N4O7. The number of nitrogens with zero attached hydrogens (tertiary/aromatic N) is 1. The monoisotopic (exact) mass is 694 g/mol. The summed E-state index contributed by atoms with van der Waals surface area (Å²) in [6.07, 6.45) is -5.07. The fraction of sp³-hybridized carbons (Fsp3) is 0.222. The Morgan fingerprint density at radius 2 is 1.46 bits per heavy atom. The minimum Gasteiger partial charge on any atom is -0.497 e. The smallest absolute Gasteiger partial charge is 0.490 e. The average molecular weight is 695 g/mol. The number of carboxylic acids is 1. The molecule has 0 aliphatic heterocycles. The molecule has 0 heterocycles. The number of alkyl halides is 3. The lowest BCUT2D eigenvalue weighted by Gasteiger charge is -2.25. The van der Waals surface area contributed by atoms with Gasteiger partial charge in [-0.25, -0.2) is 4.79 Å². The average Bonchev–Trinajstić information content (AvgIpc) is 3.09. The van der Waals surface area contributed by atoms with Crippen LogP contribution in [0.2, 0.25) is 0 Å². The van der Waals surface area contributed by atoms with Crippen LogP contribution in [0.15, 0.2) is 97.1 Å². The first-order valence-corrected chi connectivity index (χ1v) is 15.2. The van der Waals surface area contributed by atoms with Gasteiger partial charge in [0.1, 0.15) is 11.5 Å². The second-order valence-electron chi connectivity index (χ2n) is 10.7. The van der Waals surface area contributed by atoms with Crippen LogP contribution in [-0.2, 0) is 38.8 Å². The van der Waals surface area contributed by atoms with Gasteiger partial charge in [-0.05, 0) is 65.2 Å². The Kier molecular flexibility index (Phi) is 14.3. The number of nitrogens with two attached hydrogens (primary N) is 1. The van der Waals surface area contributed by atoms with Crippen molar-refractivity contribution in [1.82, 2.24) is 5.32 Å². The quantitative estimate of drug-likeness (QED) is 0.129. The van der Waals surface area contributed by atoms with Gasteiger partial charge in [0, 0.05) is 38.5 Å². The topological polar surface area (TPSA) is 160 Å². The molecule has 264 valence electrons. The van der Waals surface area contributed by atoms with E-state index in [4.69, 9.17) is 25.1 Å². The van der Waals surface area contributed by atoms with Crippen molar-refractivity contribution in [2.24, 2.45) is 5.73 Å². The van der Waals surface area contributed by atoms with E-state index in [0.717, 1.165) is 22.4 Å². The SMILES string of the molecule is COc1ccc(CNC(=O)CCC(=O)N(Cc2ccc(NC(C)=O)cc2)c2ccccc2Oc2cccc(CN)c2)cc1.O=C(O)C(F)(F)F. The number of benzene rings is 4. The van der Waals surface area contributed by atoms with Gasteiger partial charge in [0.25, 0.3) is 0 Å². The van der Waals surface area contributed by atoms with Crippen LogP contribution in [0.25, 0.3) is 0 Å². The standard InChI is InChI=1S/C34H36N4O5.C2HF3O2/c1-24(39)37-28-14-10-26(11-15-28)23-38(31-8-3-4-9-32(31)43-30-7-5-6-27(20-30)21-35)34(41)19-18-33(40)36-22-25-12-16-29(42-2)17-13-25;3-2(4,5)1(6)7/h3-17,20H,18-19,21-23,35H2,1-2H3,(H,36,40)(H,37,39);(H,6,7). The van der Waals surface area contributed by atoms with E-state index in [2.05, 4.69) is 10.6 Å².